The lowest BCUT2D eigenvalue weighted by molar-refractivity contribution is 0.581. The maximum Gasteiger partial charge on any atom is 0.0995 e. The number of thiazole rings is 1. The summed E-state index contributed by atoms with van der Waals surface area (Å²) in [6.07, 6.45) is 1.86. The van der Waals surface area contributed by atoms with Crippen molar-refractivity contribution in [1.29, 1.82) is 0 Å². The second-order valence-electron chi connectivity index (χ2n) is 4.30. The van der Waals surface area contributed by atoms with Crippen LogP contribution in [0.5, 0.6) is 0 Å². The maximum atomic E-state index is 5.84. The van der Waals surface area contributed by atoms with Gasteiger partial charge in [-0.15, -0.1) is 11.3 Å². The lowest BCUT2D eigenvalue weighted by atomic mass is 9.95. The molecule has 4 heteroatoms. The van der Waals surface area contributed by atoms with Crippen LogP contribution in [-0.4, -0.2) is 10.8 Å². The van der Waals surface area contributed by atoms with Crippen molar-refractivity contribution in [3.8, 4) is 0 Å². The van der Waals surface area contributed by atoms with Gasteiger partial charge < -0.3 is 5.73 Å². The fraction of sp³-hybridized carbons (Fsp3) is 0.600. The quantitative estimate of drug-likeness (QED) is 0.603. The first-order valence-corrected chi connectivity index (χ1v) is 5.43. The lowest BCUT2D eigenvalue weighted by Gasteiger charge is -2.16. The van der Waals surface area contributed by atoms with Gasteiger partial charge in [-0.3, -0.25) is 4.99 Å². The zero-order chi connectivity index (χ0) is 10.8. The van der Waals surface area contributed by atoms with Crippen molar-refractivity contribution < 1.29 is 0 Å². The molecule has 0 amide bonds. The number of aryl methyl sites for hydroxylation is 1. The summed E-state index contributed by atoms with van der Waals surface area (Å²) >= 11 is 1.67. The van der Waals surface area contributed by atoms with Crippen LogP contribution in [0.2, 0.25) is 0 Å². The van der Waals surface area contributed by atoms with Crippen molar-refractivity contribution >= 4 is 17.2 Å². The minimum Gasteiger partial charge on any atom is -0.387 e. The van der Waals surface area contributed by atoms with E-state index in [1.54, 1.807) is 11.3 Å². The number of rotatable bonds is 2. The molecule has 1 aromatic heterocycles. The van der Waals surface area contributed by atoms with E-state index in [1.165, 1.54) is 0 Å². The Hall–Kier alpha value is -0.900. The summed E-state index contributed by atoms with van der Waals surface area (Å²) in [6.45, 7) is 8.82. The third kappa shape index (κ3) is 3.10. The van der Waals surface area contributed by atoms with Crippen LogP contribution in [0.25, 0.3) is 0 Å². The van der Waals surface area contributed by atoms with Crippen LogP contribution >= 0.6 is 11.3 Å². The van der Waals surface area contributed by atoms with Gasteiger partial charge in [0.1, 0.15) is 0 Å². The van der Waals surface area contributed by atoms with Gasteiger partial charge in [-0.2, -0.15) is 0 Å². The van der Waals surface area contributed by atoms with E-state index in [4.69, 9.17) is 5.73 Å². The van der Waals surface area contributed by atoms with Crippen LogP contribution in [0.1, 0.15) is 30.7 Å². The molecule has 0 fully saturated rings. The highest BCUT2D eigenvalue weighted by Gasteiger charge is 2.14. The molecule has 0 unspecified atom stereocenters. The van der Waals surface area contributed by atoms with E-state index in [0.717, 1.165) is 9.88 Å². The molecule has 0 atom stereocenters. The van der Waals surface area contributed by atoms with Gasteiger partial charge in [0, 0.05) is 16.5 Å². The molecule has 1 rings (SSSR count). The Morgan fingerprint density at radius 2 is 2.21 bits per heavy atom. The second kappa shape index (κ2) is 4.09. The molecule has 0 bridgehead atoms. The highest BCUT2D eigenvalue weighted by molar-refractivity contribution is 7.11. The molecular weight excluding hydrogens is 194 g/mol. The monoisotopic (exact) mass is 211 g/mol. The normalized spacial score (nSPS) is 13.3. The van der Waals surface area contributed by atoms with Gasteiger partial charge in [-0.1, -0.05) is 20.8 Å². The van der Waals surface area contributed by atoms with Crippen LogP contribution in [0.4, 0.5) is 0 Å². The number of aromatic nitrogens is 1. The number of amidine groups is 1. The van der Waals surface area contributed by atoms with Gasteiger partial charge in [-0.25, -0.2) is 4.98 Å². The number of aliphatic imine (C=N–C) groups is 1. The summed E-state index contributed by atoms with van der Waals surface area (Å²) in [7, 11) is 0. The molecule has 14 heavy (non-hydrogen) atoms. The van der Waals surface area contributed by atoms with E-state index in [9.17, 15) is 0 Å². The topological polar surface area (TPSA) is 51.3 Å². The third-order valence-electron chi connectivity index (χ3n) is 1.84. The first-order chi connectivity index (χ1) is 6.39. The van der Waals surface area contributed by atoms with Gasteiger partial charge in [0.15, 0.2) is 0 Å². The number of hydrogen-bond acceptors (Lipinski definition) is 3. The van der Waals surface area contributed by atoms with Crippen molar-refractivity contribution in [2.45, 2.75) is 34.2 Å². The van der Waals surface area contributed by atoms with E-state index >= 15 is 0 Å². The third-order valence-corrected chi connectivity index (χ3v) is 2.74. The molecule has 1 aromatic rings. The zero-order valence-electron chi connectivity index (χ0n) is 9.16. The second-order valence-corrected chi connectivity index (χ2v) is 5.62. The molecule has 0 aliphatic heterocycles. The Balaban J connectivity index is 2.64. The largest absolute Gasteiger partial charge is 0.387 e. The molecule has 78 valence electrons. The van der Waals surface area contributed by atoms with Crippen LogP contribution in [0, 0.1) is 12.3 Å². The van der Waals surface area contributed by atoms with Crippen LogP contribution in [0.3, 0.4) is 0 Å². The zero-order valence-corrected chi connectivity index (χ0v) is 9.98. The highest BCUT2D eigenvalue weighted by atomic mass is 32.1. The molecule has 0 aliphatic carbocycles. The Bertz CT molecular complexity index is 333. The molecule has 0 saturated heterocycles. The summed E-state index contributed by atoms with van der Waals surface area (Å²) < 4.78 is 0. The average Bonchev–Trinajstić information content (AvgIpc) is 2.45. The summed E-state index contributed by atoms with van der Waals surface area (Å²) in [4.78, 5) is 9.67. The smallest absolute Gasteiger partial charge is 0.0995 e. The van der Waals surface area contributed by atoms with Crippen molar-refractivity contribution in [3.63, 3.8) is 0 Å². The van der Waals surface area contributed by atoms with Crippen molar-refractivity contribution in [1.82, 2.24) is 4.98 Å². The average molecular weight is 211 g/mol. The molecule has 0 saturated carbocycles. The Morgan fingerprint density at radius 1 is 1.57 bits per heavy atom. The SMILES string of the molecule is Cc1ncc(CN=C(N)C(C)(C)C)s1. The lowest BCUT2D eigenvalue weighted by Crippen LogP contribution is -2.28. The fourth-order valence-corrected chi connectivity index (χ4v) is 1.60. The maximum absolute atomic E-state index is 5.84. The Kier molecular flexibility index (Phi) is 3.26. The molecule has 0 aromatic carbocycles. The van der Waals surface area contributed by atoms with Gasteiger partial charge >= 0.3 is 0 Å². The van der Waals surface area contributed by atoms with E-state index in [0.29, 0.717) is 12.4 Å². The van der Waals surface area contributed by atoms with Gasteiger partial charge in [0.25, 0.3) is 0 Å². The first-order valence-electron chi connectivity index (χ1n) is 4.61. The Morgan fingerprint density at radius 3 is 2.64 bits per heavy atom. The first kappa shape index (κ1) is 11.2. The molecule has 0 radical (unpaired) electrons. The standard InChI is InChI=1S/C10H17N3S/c1-7-12-5-8(14-7)6-13-9(11)10(2,3)4/h5H,6H2,1-4H3,(H2,11,13). The molecular formula is C10H17N3S. The molecule has 0 spiro atoms. The van der Waals surface area contributed by atoms with Crippen LogP contribution in [0.15, 0.2) is 11.2 Å². The molecule has 2 N–H and O–H groups in total. The van der Waals surface area contributed by atoms with Crippen LogP contribution < -0.4 is 5.73 Å². The minimum atomic E-state index is -0.0419. The summed E-state index contributed by atoms with van der Waals surface area (Å²) in [5, 5.41) is 1.07. The van der Waals surface area contributed by atoms with Gasteiger partial charge in [-0.05, 0) is 6.92 Å². The minimum absolute atomic E-state index is 0.0419. The van der Waals surface area contributed by atoms with Crippen LogP contribution in [-0.2, 0) is 6.54 Å². The van der Waals surface area contributed by atoms with Crippen molar-refractivity contribution in [2.75, 3.05) is 0 Å². The van der Waals surface area contributed by atoms with Gasteiger partial charge in [0.05, 0.1) is 17.4 Å². The van der Waals surface area contributed by atoms with Crippen molar-refractivity contribution in [3.05, 3.63) is 16.1 Å². The number of hydrogen-bond donors (Lipinski definition) is 1. The summed E-state index contributed by atoms with van der Waals surface area (Å²) in [5.41, 5.74) is 5.80. The summed E-state index contributed by atoms with van der Waals surface area (Å²) in [6, 6.07) is 0. The number of nitrogens with two attached hydrogens (primary N) is 1. The Labute approximate surface area is 89.1 Å². The van der Waals surface area contributed by atoms with Crippen molar-refractivity contribution in [2.24, 2.45) is 16.1 Å². The molecule has 3 nitrogen and oxygen atoms in total. The fourth-order valence-electron chi connectivity index (χ4n) is 0.879. The van der Waals surface area contributed by atoms with E-state index < -0.39 is 0 Å². The summed E-state index contributed by atoms with van der Waals surface area (Å²) in [5.74, 6) is 0.698. The number of nitrogens with zero attached hydrogens (tertiary/aromatic N) is 2. The predicted octanol–water partition coefficient (Wildman–Crippen LogP) is 2.35. The van der Waals surface area contributed by atoms with E-state index in [-0.39, 0.29) is 5.41 Å². The van der Waals surface area contributed by atoms with E-state index in [2.05, 4.69) is 30.7 Å². The van der Waals surface area contributed by atoms with E-state index in [1.807, 2.05) is 13.1 Å². The van der Waals surface area contributed by atoms with Gasteiger partial charge in [0.2, 0.25) is 0 Å². The predicted molar refractivity (Wildman–Crippen MR) is 61.6 cm³/mol. The highest BCUT2D eigenvalue weighted by Crippen LogP contribution is 2.16. The molecule has 1 heterocycles. The molecule has 0 aliphatic rings.